The fourth-order valence-corrected chi connectivity index (χ4v) is 2.84. The number of nitrogens with one attached hydrogen (secondary N) is 1. The number of carboxylic acids is 1. The van der Waals surface area contributed by atoms with Crippen LogP contribution in [0, 0.1) is 5.92 Å². The molecule has 2 rings (SSSR count). The molecule has 1 saturated heterocycles. The number of carbonyl (C=O) groups excluding carboxylic acids is 1. The zero-order chi connectivity index (χ0) is 15.4. The minimum absolute atomic E-state index is 0.0511. The van der Waals surface area contributed by atoms with E-state index >= 15 is 0 Å². The van der Waals surface area contributed by atoms with E-state index in [0.29, 0.717) is 25.9 Å². The lowest BCUT2D eigenvalue weighted by Gasteiger charge is -2.36. The number of benzene rings is 1. The van der Waals surface area contributed by atoms with Gasteiger partial charge in [-0.2, -0.15) is 0 Å². The van der Waals surface area contributed by atoms with E-state index in [9.17, 15) is 9.59 Å². The van der Waals surface area contributed by atoms with Crippen molar-refractivity contribution in [2.75, 3.05) is 6.54 Å². The van der Waals surface area contributed by atoms with E-state index in [2.05, 4.69) is 21.2 Å². The predicted octanol–water partition coefficient (Wildman–Crippen LogP) is 2.84. The lowest BCUT2D eigenvalue weighted by molar-refractivity contribution is -0.143. The number of halogens is 1. The van der Waals surface area contributed by atoms with Crippen molar-refractivity contribution < 1.29 is 14.7 Å². The molecule has 0 aliphatic carbocycles. The minimum atomic E-state index is -0.767. The Balaban J connectivity index is 1.86. The van der Waals surface area contributed by atoms with Gasteiger partial charge in [-0.15, -0.1) is 0 Å². The highest BCUT2D eigenvalue weighted by atomic mass is 79.9. The van der Waals surface area contributed by atoms with Crippen LogP contribution in [0.1, 0.15) is 25.3 Å². The first-order valence-electron chi connectivity index (χ1n) is 6.99. The second-order valence-electron chi connectivity index (χ2n) is 5.39. The number of amides is 2. The molecule has 1 aliphatic heterocycles. The minimum Gasteiger partial charge on any atom is -0.481 e. The van der Waals surface area contributed by atoms with E-state index in [0.717, 1.165) is 10.0 Å². The van der Waals surface area contributed by atoms with Gasteiger partial charge in [0.1, 0.15) is 0 Å². The van der Waals surface area contributed by atoms with Crippen molar-refractivity contribution in [3.63, 3.8) is 0 Å². The first-order chi connectivity index (χ1) is 9.97. The number of carbonyl (C=O) groups is 2. The summed E-state index contributed by atoms with van der Waals surface area (Å²) in [5.74, 6) is -1.10. The number of aliphatic carboxylic acids is 1. The molecule has 0 saturated carbocycles. The smallest absolute Gasteiger partial charge is 0.317 e. The Kier molecular flexibility index (Phi) is 5.22. The van der Waals surface area contributed by atoms with Crippen LogP contribution < -0.4 is 5.32 Å². The molecule has 0 aromatic heterocycles. The van der Waals surface area contributed by atoms with Gasteiger partial charge in [0, 0.05) is 23.6 Å². The third-order valence-corrected chi connectivity index (χ3v) is 4.37. The molecular weight excluding hydrogens is 336 g/mol. The standard InChI is InChI=1S/C15H19BrN2O3/c1-10-8-12(14(19)20)6-7-18(10)15(21)17-9-11-2-4-13(16)5-3-11/h2-5,10,12H,6-9H2,1H3,(H,17,21)(H,19,20). The zero-order valence-electron chi connectivity index (χ0n) is 11.9. The Bertz CT molecular complexity index is 518. The van der Waals surface area contributed by atoms with E-state index < -0.39 is 5.97 Å². The average molecular weight is 355 g/mol. The van der Waals surface area contributed by atoms with E-state index in [1.54, 1.807) is 4.90 Å². The summed E-state index contributed by atoms with van der Waals surface area (Å²) < 4.78 is 1.00. The highest BCUT2D eigenvalue weighted by Crippen LogP contribution is 2.23. The van der Waals surface area contributed by atoms with Gasteiger partial charge in [-0.25, -0.2) is 4.79 Å². The maximum atomic E-state index is 12.2. The van der Waals surface area contributed by atoms with Gasteiger partial charge in [-0.3, -0.25) is 4.79 Å². The van der Waals surface area contributed by atoms with E-state index in [-0.39, 0.29) is 18.0 Å². The number of hydrogen-bond acceptors (Lipinski definition) is 2. The molecule has 6 heteroatoms. The summed E-state index contributed by atoms with van der Waals surface area (Å²) in [7, 11) is 0. The summed E-state index contributed by atoms with van der Waals surface area (Å²) in [5.41, 5.74) is 1.03. The maximum absolute atomic E-state index is 12.2. The predicted molar refractivity (Wildman–Crippen MR) is 82.9 cm³/mol. The number of carboxylic acid groups (broad SMARTS) is 1. The molecule has 2 amide bonds. The summed E-state index contributed by atoms with van der Waals surface area (Å²) in [6.07, 6.45) is 1.03. The van der Waals surface area contributed by atoms with Crippen LogP contribution in [-0.2, 0) is 11.3 Å². The molecule has 1 aliphatic rings. The molecule has 114 valence electrons. The number of rotatable bonds is 3. The highest BCUT2D eigenvalue weighted by Gasteiger charge is 2.31. The van der Waals surface area contributed by atoms with Crippen molar-refractivity contribution in [3.05, 3.63) is 34.3 Å². The molecule has 0 bridgehead atoms. The fourth-order valence-electron chi connectivity index (χ4n) is 2.58. The lowest BCUT2D eigenvalue weighted by Crippen LogP contribution is -2.49. The monoisotopic (exact) mass is 354 g/mol. The fraction of sp³-hybridized carbons (Fsp3) is 0.467. The molecule has 5 nitrogen and oxygen atoms in total. The van der Waals surface area contributed by atoms with Crippen LogP contribution >= 0.6 is 15.9 Å². The Morgan fingerprint density at radius 3 is 2.62 bits per heavy atom. The number of likely N-dealkylation sites (tertiary alicyclic amines) is 1. The van der Waals surface area contributed by atoms with Gasteiger partial charge in [-0.05, 0) is 37.5 Å². The molecule has 2 unspecified atom stereocenters. The van der Waals surface area contributed by atoms with Crippen molar-refractivity contribution in [2.45, 2.75) is 32.4 Å². The van der Waals surface area contributed by atoms with Gasteiger partial charge < -0.3 is 15.3 Å². The van der Waals surface area contributed by atoms with Crippen molar-refractivity contribution in [3.8, 4) is 0 Å². The van der Waals surface area contributed by atoms with Gasteiger partial charge in [-0.1, -0.05) is 28.1 Å². The van der Waals surface area contributed by atoms with Crippen LogP contribution in [0.5, 0.6) is 0 Å². The third-order valence-electron chi connectivity index (χ3n) is 3.84. The second kappa shape index (κ2) is 6.93. The van der Waals surface area contributed by atoms with Crippen LogP contribution in [0.4, 0.5) is 4.79 Å². The van der Waals surface area contributed by atoms with Crippen molar-refractivity contribution >= 4 is 27.9 Å². The molecule has 1 heterocycles. The van der Waals surface area contributed by atoms with Crippen LogP contribution in [0.2, 0.25) is 0 Å². The number of urea groups is 1. The maximum Gasteiger partial charge on any atom is 0.317 e. The van der Waals surface area contributed by atoms with Crippen molar-refractivity contribution in [1.29, 1.82) is 0 Å². The van der Waals surface area contributed by atoms with Crippen LogP contribution in [0.3, 0.4) is 0 Å². The van der Waals surface area contributed by atoms with E-state index in [1.165, 1.54) is 0 Å². The summed E-state index contributed by atoms with van der Waals surface area (Å²) >= 11 is 3.37. The SMILES string of the molecule is CC1CC(C(=O)O)CCN1C(=O)NCc1ccc(Br)cc1. The Morgan fingerprint density at radius 2 is 2.05 bits per heavy atom. The van der Waals surface area contributed by atoms with Crippen LogP contribution in [0.25, 0.3) is 0 Å². The van der Waals surface area contributed by atoms with E-state index in [4.69, 9.17) is 5.11 Å². The summed E-state index contributed by atoms with van der Waals surface area (Å²) in [6, 6.07) is 7.58. The molecule has 1 aromatic carbocycles. The third kappa shape index (κ3) is 4.20. The van der Waals surface area contributed by atoms with Gasteiger partial charge in [0.2, 0.25) is 0 Å². The quantitative estimate of drug-likeness (QED) is 0.876. The molecular formula is C15H19BrN2O3. The number of piperidine rings is 1. The number of hydrogen-bond donors (Lipinski definition) is 2. The Morgan fingerprint density at radius 1 is 1.38 bits per heavy atom. The van der Waals surface area contributed by atoms with Gasteiger partial charge in [0.25, 0.3) is 0 Å². The zero-order valence-corrected chi connectivity index (χ0v) is 13.5. The van der Waals surface area contributed by atoms with Gasteiger partial charge in [0.15, 0.2) is 0 Å². The first kappa shape index (κ1) is 15.8. The normalized spacial score (nSPS) is 21.9. The van der Waals surface area contributed by atoms with Crippen molar-refractivity contribution in [2.24, 2.45) is 5.92 Å². The Labute approximate surface area is 132 Å². The van der Waals surface area contributed by atoms with Crippen molar-refractivity contribution in [1.82, 2.24) is 10.2 Å². The first-order valence-corrected chi connectivity index (χ1v) is 7.78. The molecule has 2 atom stereocenters. The Hall–Kier alpha value is -1.56. The molecule has 1 aromatic rings. The molecule has 2 N–H and O–H groups in total. The largest absolute Gasteiger partial charge is 0.481 e. The van der Waals surface area contributed by atoms with Crippen LogP contribution in [0.15, 0.2) is 28.7 Å². The summed E-state index contributed by atoms with van der Waals surface area (Å²) in [6.45, 7) is 2.86. The topological polar surface area (TPSA) is 69.6 Å². The molecule has 1 fully saturated rings. The van der Waals surface area contributed by atoms with Gasteiger partial charge >= 0.3 is 12.0 Å². The van der Waals surface area contributed by atoms with Crippen LogP contribution in [-0.4, -0.2) is 34.6 Å². The molecule has 0 radical (unpaired) electrons. The number of nitrogens with zero attached hydrogens (tertiary/aromatic N) is 1. The van der Waals surface area contributed by atoms with E-state index in [1.807, 2.05) is 31.2 Å². The van der Waals surface area contributed by atoms with Gasteiger partial charge in [0.05, 0.1) is 5.92 Å². The lowest BCUT2D eigenvalue weighted by atomic mass is 9.92. The summed E-state index contributed by atoms with van der Waals surface area (Å²) in [5, 5.41) is 11.9. The molecule has 21 heavy (non-hydrogen) atoms. The molecule has 0 spiro atoms. The highest BCUT2D eigenvalue weighted by molar-refractivity contribution is 9.10. The average Bonchev–Trinajstić information content (AvgIpc) is 2.46. The summed E-state index contributed by atoms with van der Waals surface area (Å²) in [4.78, 5) is 24.9. The second-order valence-corrected chi connectivity index (χ2v) is 6.30.